The molecule has 262 valence electrons. The van der Waals surface area contributed by atoms with E-state index in [1.54, 1.807) is 36.4 Å². The molecule has 0 unspecified atom stereocenters. The van der Waals surface area contributed by atoms with Gasteiger partial charge < -0.3 is 18.9 Å². The zero-order valence-corrected chi connectivity index (χ0v) is 30.0. The van der Waals surface area contributed by atoms with Crippen LogP contribution in [-0.4, -0.2) is 82.8 Å². The minimum absolute atomic E-state index is 0.00531. The largest absolute Gasteiger partial charge is 0.490 e. The van der Waals surface area contributed by atoms with Crippen molar-refractivity contribution in [1.29, 1.82) is 0 Å². The van der Waals surface area contributed by atoms with E-state index in [0.717, 1.165) is 55.6 Å². The Bertz CT molecular complexity index is 1510. The Kier molecular flexibility index (Phi) is 12.7. The summed E-state index contributed by atoms with van der Waals surface area (Å²) in [6.07, 6.45) is 8.11. The number of thioether (sulfide) groups is 2. The molecule has 2 aromatic rings. The topological polar surface area (TPSA) is 115 Å². The first-order valence-electron chi connectivity index (χ1n) is 16.8. The molecule has 0 N–H and O–H groups in total. The smallest absolute Gasteiger partial charge is 0.294 e. The summed E-state index contributed by atoms with van der Waals surface area (Å²) in [6.45, 7) is 9.35. The number of amides is 4. The standard InChI is InChI=1S/C36H43N3O8S2/c1-5-44-27-16-14-24(18-29(27)46-7-3)20-31-33(40)38(35(42)48-31)22-37(26-12-10-9-11-13-26)23-39-34(41)32(49-36(39)43)21-25-15-17-28(45-6-2)30(19-25)47-8-4/h14-21,26H,5-13,22-23H2,1-4H3/b31-20-,32-21-. The van der Waals surface area contributed by atoms with E-state index in [9.17, 15) is 19.2 Å². The van der Waals surface area contributed by atoms with Crippen LogP contribution in [0.3, 0.4) is 0 Å². The van der Waals surface area contributed by atoms with Crippen molar-refractivity contribution in [3.63, 3.8) is 0 Å². The van der Waals surface area contributed by atoms with Gasteiger partial charge in [-0.15, -0.1) is 0 Å². The second-order valence-corrected chi connectivity index (χ2v) is 13.5. The maximum absolute atomic E-state index is 13.6. The molecule has 5 rings (SSSR count). The van der Waals surface area contributed by atoms with Crippen molar-refractivity contribution in [1.82, 2.24) is 14.7 Å². The van der Waals surface area contributed by atoms with Gasteiger partial charge in [0.25, 0.3) is 22.3 Å². The van der Waals surface area contributed by atoms with Gasteiger partial charge in [-0.3, -0.25) is 33.9 Å². The van der Waals surface area contributed by atoms with Crippen molar-refractivity contribution in [2.75, 3.05) is 39.8 Å². The Morgan fingerprint density at radius 1 is 0.633 bits per heavy atom. The van der Waals surface area contributed by atoms with E-state index in [1.165, 1.54) is 9.80 Å². The first-order chi connectivity index (χ1) is 23.8. The van der Waals surface area contributed by atoms with E-state index in [-0.39, 0.29) is 29.2 Å². The third-order valence-corrected chi connectivity index (χ3v) is 10.0. The molecule has 3 aliphatic rings. The first kappa shape index (κ1) is 36.3. The van der Waals surface area contributed by atoms with E-state index in [0.29, 0.717) is 60.6 Å². The van der Waals surface area contributed by atoms with E-state index in [4.69, 9.17) is 18.9 Å². The van der Waals surface area contributed by atoms with Gasteiger partial charge in [-0.2, -0.15) is 0 Å². The molecule has 0 bridgehead atoms. The molecule has 2 saturated heterocycles. The highest BCUT2D eigenvalue weighted by Crippen LogP contribution is 2.38. The van der Waals surface area contributed by atoms with Gasteiger partial charge in [0.1, 0.15) is 0 Å². The van der Waals surface area contributed by atoms with E-state index < -0.39 is 22.3 Å². The van der Waals surface area contributed by atoms with Gasteiger partial charge in [-0.05, 0) is 112 Å². The summed E-state index contributed by atoms with van der Waals surface area (Å²) in [4.78, 5) is 58.7. The Hall–Kier alpha value is -3.94. The zero-order valence-electron chi connectivity index (χ0n) is 28.4. The molecular formula is C36H43N3O8S2. The fourth-order valence-corrected chi connectivity index (χ4v) is 7.61. The number of rotatable bonds is 15. The van der Waals surface area contributed by atoms with Crippen LogP contribution < -0.4 is 18.9 Å². The molecule has 1 saturated carbocycles. The predicted octanol–water partition coefficient (Wildman–Crippen LogP) is 7.60. The zero-order chi connectivity index (χ0) is 34.9. The molecule has 2 aromatic carbocycles. The number of nitrogens with zero attached hydrogens (tertiary/aromatic N) is 3. The summed E-state index contributed by atoms with van der Waals surface area (Å²) in [5.41, 5.74) is 1.40. The molecule has 4 amide bonds. The van der Waals surface area contributed by atoms with Crippen molar-refractivity contribution in [3.8, 4) is 23.0 Å². The highest BCUT2D eigenvalue weighted by Gasteiger charge is 2.41. The van der Waals surface area contributed by atoms with Crippen molar-refractivity contribution < 1.29 is 38.1 Å². The molecule has 2 aliphatic heterocycles. The van der Waals surface area contributed by atoms with Crippen molar-refractivity contribution in [2.24, 2.45) is 0 Å². The van der Waals surface area contributed by atoms with Crippen LogP contribution in [0.4, 0.5) is 9.59 Å². The molecule has 13 heteroatoms. The number of carbonyl (C=O) groups excluding carboxylic acids is 4. The lowest BCUT2D eigenvalue weighted by molar-refractivity contribution is -0.127. The van der Waals surface area contributed by atoms with Gasteiger partial charge in [0.15, 0.2) is 23.0 Å². The summed E-state index contributed by atoms with van der Waals surface area (Å²) in [6, 6.07) is 10.8. The van der Waals surface area contributed by atoms with Crippen LogP contribution in [-0.2, 0) is 9.59 Å². The summed E-state index contributed by atoms with van der Waals surface area (Å²) in [5, 5.41) is -0.801. The molecule has 11 nitrogen and oxygen atoms in total. The minimum Gasteiger partial charge on any atom is -0.490 e. The van der Waals surface area contributed by atoms with Crippen LogP contribution in [0.2, 0.25) is 0 Å². The highest BCUT2D eigenvalue weighted by atomic mass is 32.2. The monoisotopic (exact) mass is 709 g/mol. The predicted molar refractivity (Wildman–Crippen MR) is 192 cm³/mol. The summed E-state index contributed by atoms with van der Waals surface area (Å²) >= 11 is 1.75. The fraction of sp³-hybridized carbons (Fsp3) is 0.444. The quantitative estimate of drug-likeness (QED) is 0.170. The van der Waals surface area contributed by atoms with Crippen LogP contribution >= 0.6 is 23.5 Å². The number of benzene rings is 2. The third kappa shape index (κ3) is 8.81. The minimum atomic E-state index is -0.419. The maximum atomic E-state index is 13.6. The summed E-state index contributed by atoms with van der Waals surface area (Å²) in [5.74, 6) is 1.49. The van der Waals surface area contributed by atoms with Crippen LogP contribution in [0.1, 0.15) is 70.9 Å². The molecule has 49 heavy (non-hydrogen) atoms. The van der Waals surface area contributed by atoms with E-state index in [2.05, 4.69) is 0 Å². The number of hydrogen-bond acceptors (Lipinski definition) is 11. The molecular weight excluding hydrogens is 667 g/mol. The van der Waals surface area contributed by atoms with Gasteiger partial charge in [0.05, 0.1) is 49.6 Å². The molecule has 3 fully saturated rings. The summed E-state index contributed by atoms with van der Waals surface area (Å²) in [7, 11) is 0. The second kappa shape index (κ2) is 17.1. The fourth-order valence-electron chi connectivity index (χ4n) is 5.95. The Morgan fingerprint density at radius 3 is 1.45 bits per heavy atom. The first-order valence-corrected chi connectivity index (χ1v) is 18.4. The number of hydrogen-bond donors (Lipinski definition) is 0. The second-order valence-electron chi connectivity index (χ2n) is 11.5. The molecule has 0 aromatic heterocycles. The Balaban J connectivity index is 1.34. The van der Waals surface area contributed by atoms with Crippen LogP contribution in [0, 0.1) is 0 Å². The SMILES string of the molecule is CCOc1ccc(/C=C2\SC(=O)N(CN(CN3C(=O)S/C(=C\c4ccc(OCC)c(OCC)c4)C3=O)C3CCCCC3)C2=O)cc1OCC. The average Bonchev–Trinajstić information content (AvgIpc) is 3.51. The van der Waals surface area contributed by atoms with Gasteiger partial charge in [-0.1, -0.05) is 31.4 Å². The van der Waals surface area contributed by atoms with Gasteiger partial charge in [-0.25, -0.2) is 0 Å². The van der Waals surface area contributed by atoms with Gasteiger partial charge >= 0.3 is 0 Å². The molecule has 1 aliphatic carbocycles. The number of carbonyl (C=O) groups is 4. The average molecular weight is 710 g/mol. The summed E-state index contributed by atoms with van der Waals surface area (Å²) < 4.78 is 22.8. The normalized spacial score (nSPS) is 18.8. The highest BCUT2D eigenvalue weighted by molar-refractivity contribution is 8.18. The van der Waals surface area contributed by atoms with Crippen molar-refractivity contribution in [3.05, 3.63) is 57.3 Å². The maximum Gasteiger partial charge on any atom is 0.294 e. The molecule has 0 atom stereocenters. The number of imide groups is 2. The van der Waals surface area contributed by atoms with E-state index in [1.807, 2.05) is 44.7 Å². The van der Waals surface area contributed by atoms with Gasteiger partial charge in [0, 0.05) is 6.04 Å². The number of ether oxygens (including phenoxy) is 4. The Morgan fingerprint density at radius 2 is 1.04 bits per heavy atom. The third-order valence-electron chi connectivity index (χ3n) is 8.21. The van der Waals surface area contributed by atoms with Crippen LogP contribution in [0.5, 0.6) is 23.0 Å². The van der Waals surface area contributed by atoms with Crippen LogP contribution in [0.15, 0.2) is 46.2 Å². The molecule has 0 radical (unpaired) electrons. The molecule has 2 heterocycles. The lowest BCUT2D eigenvalue weighted by Crippen LogP contribution is -2.51. The lowest BCUT2D eigenvalue weighted by Gasteiger charge is -2.37. The lowest BCUT2D eigenvalue weighted by atomic mass is 9.94. The van der Waals surface area contributed by atoms with Crippen molar-refractivity contribution in [2.45, 2.75) is 65.8 Å². The van der Waals surface area contributed by atoms with Gasteiger partial charge in [0.2, 0.25) is 0 Å². The van der Waals surface area contributed by atoms with Crippen molar-refractivity contribution >= 4 is 58.0 Å². The van der Waals surface area contributed by atoms with E-state index >= 15 is 0 Å². The Labute approximate surface area is 295 Å². The van der Waals surface area contributed by atoms with Crippen LogP contribution in [0.25, 0.3) is 12.2 Å². The molecule has 0 spiro atoms.